The number of halogens is 1. The molecule has 2 amide bonds. The third-order valence-corrected chi connectivity index (χ3v) is 9.24. The predicted octanol–water partition coefficient (Wildman–Crippen LogP) is 6.60. The molecule has 3 aliphatic rings. The summed E-state index contributed by atoms with van der Waals surface area (Å²) in [7, 11) is 0. The van der Waals surface area contributed by atoms with Gasteiger partial charge in [0.1, 0.15) is 0 Å². The van der Waals surface area contributed by atoms with E-state index >= 15 is 0 Å². The topological polar surface area (TPSA) is 93.6 Å². The molecule has 0 radical (unpaired) electrons. The average molecular weight is 591 g/mol. The lowest BCUT2D eigenvalue weighted by atomic mass is 9.82. The summed E-state index contributed by atoms with van der Waals surface area (Å²) in [6, 6.07) is 20.7. The number of aromatic nitrogens is 1. The van der Waals surface area contributed by atoms with Crippen LogP contribution in [0.15, 0.2) is 84.4 Å². The fraction of sp³-hybridized carbons (Fsp3) is 0.229. The molecule has 2 aliphatic carbocycles. The second-order valence-electron chi connectivity index (χ2n) is 11.6. The second-order valence-corrected chi connectivity index (χ2v) is 12.0. The summed E-state index contributed by atoms with van der Waals surface area (Å²) in [5.41, 5.74) is 5.13. The van der Waals surface area contributed by atoms with Crippen molar-refractivity contribution in [2.24, 2.45) is 23.7 Å². The number of allylic oxidation sites excluding steroid dienone is 2. The molecule has 8 heteroatoms. The van der Waals surface area contributed by atoms with Gasteiger partial charge in [0.05, 0.1) is 34.3 Å². The Hall–Kier alpha value is -4.62. The van der Waals surface area contributed by atoms with Crippen molar-refractivity contribution in [3.63, 3.8) is 0 Å². The number of ketones is 1. The van der Waals surface area contributed by atoms with Gasteiger partial charge in [-0.05, 0) is 68.5 Å². The maximum Gasteiger partial charge on any atom is 0.339 e. The summed E-state index contributed by atoms with van der Waals surface area (Å²) >= 11 is 6.24. The molecule has 2 heterocycles. The van der Waals surface area contributed by atoms with E-state index in [9.17, 15) is 19.2 Å². The van der Waals surface area contributed by atoms with E-state index in [0.717, 1.165) is 12.0 Å². The summed E-state index contributed by atoms with van der Waals surface area (Å²) < 4.78 is 5.44. The number of imide groups is 1. The lowest BCUT2D eigenvalue weighted by molar-refractivity contribution is -0.123. The van der Waals surface area contributed by atoms with Crippen molar-refractivity contribution in [3.8, 4) is 11.3 Å². The number of esters is 1. The zero-order chi connectivity index (χ0) is 30.0. The van der Waals surface area contributed by atoms with Crippen LogP contribution in [-0.4, -0.2) is 35.2 Å². The smallest absolute Gasteiger partial charge is 0.339 e. The molecule has 4 unspecified atom stereocenters. The largest absolute Gasteiger partial charge is 0.454 e. The van der Waals surface area contributed by atoms with Crippen LogP contribution in [0.5, 0.6) is 0 Å². The van der Waals surface area contributed by atoms with Crippen LogP contribution in [0.25, 0.3) is 22.2 Å². The van der Waals surface area contributed by atoms with Gasteiger partial charge in [0.25, 0.3) is 0 Å². The van der Waals surface area contributed by atoms with Gasteiger partial charge < -0.3 is 4.74 Å². The molecule has 1 aliphatic heterocycles. The molecule has 4 atom stereocenters. The van der Waals surface area contributed by atoms with Gasteiger partial charge in [-0.1, -0.05) is 65.2 Å². The molecule has 1 saturated heterocycles. The van der Waals surface area contributed by atoms with E-state index in [2.05, 4.69) is 6.08 Å². The molecule has 43 heavy (non-hydrogen) atoms. The van der Waals surface area contributed by atoms with Crippen LogP contribution in [0.1, 0.15) is 39.6 Å². The van der Waals surface area contributed by atoms with E-state index in [1.165, 1.54) is 10.5 Å². The van der Waals surface area contributed by atoms with Crippen LogP contribution in [0.4, 0.5) is 5.69 Å². The molecule has 0 N–H and O–H groups in total. The van der Waals surface area contributed by atoms with E-state index < -0.39 is 12.6 Å². The van der Waals surface area contributed by atoms with Gasteiger partial charge in [0.2, 0.25) is 11.8 Å². The van der Waals surface area contributed by atoms with E-state index in [0.29, 0.717) is 38.4 Å². The molecule has 3 aromatic carbocycles. The number of carbonyl (C=O) groups excluding carboxylic acids is 4. The molecule has 7 nitrogen and oxygen atoms in total. The van der Waals surface area contributed by atoms with Crippen LogP contribution in [0.3, 0.4) is 0 Å². The van der Waals surface area contributed by atoms with Crippen molar-refractivity contribution >= 4 is 51.8 Å². The first kappa shape index (κ1) is 27.2. The highest BCUT2D eigenvalue weighted by Crippen LogP contribution is 2.56. The first-order chi connectivity index (χ1) is 20.7. The highest BCUT2D eigenvalue weighted by Gasteiger charge is 2.60. The maximum absolute atomic E-state index is 13.4. The Bertz CT molecular complexity index is 1880. The lowest BCUT2D eigenvalue weighted by Crippen LogP contribution is -2.32. The Kier molecular flexibility index (Phi) is 6.51. The maximum atomic E-state index is 13.4. The predicted molar refractivity (Wildman–Crippen MR) is 163 cm³/mol. The summed E-state index contributed by atoms with van der Waals surface area (Å²) in [6.07, 6.45) is 3.04. The number of Topliss-reactive ketones (excluding diaryl/α,β-unsaturated/α-hetero) is 1. The summed E-state index contributed by atoms with van der Waals surface area (Å²) in [5, 5.41) is 0.929. The number of fused-ring (bicyclic) bond motifs is 6. The van der Waals surface area contributed by atoms with Crippen molar-refractivity contribution in [2.75, 3.05) is 11.5 Å². The second kappa shape index (κ2) is 10.3. The summed E-state index contributed by atoms with van der Waals surface area (Å²) in [4.78, 5) is 58.7. The third-order valence-electron chi connectivity index (χ3n) is 9.00. The molecular weight excluding hydrogens is 564 g/mol. The third kappa shape index (κ3) is 4.55. The number of ether oxygens (including phenoxy) is 1. The molecular formula is C35H27ClN2O5. The number of hydrogen-bond donors (Lipinski definition) is 0. The van der Waals surface area contributed by atoms with Crippen LogP contribution in [0.2, 0.25) is 5.02 Å². The van der Waals surface area contributed by atoms with Gasteiger partial charge in [-0.25, -0.2) is 9.78 Å². The number of hydrogen-bond acceptors (Lipinski definition) is 6. The molecule has 0 spiro atoms. The van der Waals surface area contributed by atoms with Gasteiger partial charge in [0, 0.05) is 21.5 Å². The van der Waals surface area contributed by atoms with Gasteiger partial charge >= 0.3 is 5.97 Å². The molecule has 7 rings (SSSR count). The van der Waals surface area contributed by atoms with Crippen LogP contribution < -0.4 is 4.90 Å². The van der Waals surface area contributed by atoms with E-state index in [1.54, 1.807) is 60.7 Å². The van der Waals surface area contributed by atoms with Crippen molar-refractivity contribution in [3.05, 3.63) is 106 Å². The summed E-state index contributed by atoms with van der Waals surface area (Å²) in [6.45, 7) is 3.57. The number of carbonyl (C=O) groups is 4. The highest BCUT2D eigenvalue weighted by molar-refractivity contribution is 6.31. The molecule has 2 fully saturated rings. The zero-order valence-corrected chi connectivity index (χ0v) is 24.3. The van der Waals surface area contributed by atoms with Crippen molar-refractivity contribution in [1.29, 1.82) is 0 Å². The number of pyridine rings is 1. The SMILES string of the molecule is CC1=CC2CC1C1C(=O)N(c3ccc(-c4cc(C(=O)OCC(=O)c5ccc(C)cc5)c5cc(Cl)ccc5n4)cc3)C(=O)C21. The highest BCUT2D eigenvalue weighted by atomic mass is 35.5. The number of benzene rings is 3. The fourth-order valence-electron chi connectivity index (χ4n) is 6.86. The number of amides is 2. The normalized spacial score (nSPS) is 22.2. The van der Waals surface area contributed by atoms with Gasteiger partial charge in [-0.3, -0.25) is 19.3 Å². The molecule has 1 aromatic heterocycles. The van der Waals surface area contributed by atoms with Crippen LogP contribution in [-0.2, 0) is 14.3 Å². The minimum Gasteiger partial charge on any atom is -0.454 e. The number of nitrogens with zero attached hydrogens (tertiary/aromatic N) is 2. The quantitative estimate of drug-likeness (QED) is 0.109. The molecule has 214 valence electrons. The standard InChI is InChI=1S/C35H27ClN2O5/c1-18-3-5-21(6-4-18)30(39)17-43-35(42)27-16-29(37-28-12-9-23(36)15-26(27)28)20-7-10-24(11-8-20)38-33(40)31-22-13-19(2)25(14-22)32(31)34(38)41/h3-13,15-16,22,25,31-32H,14,17H2,1-2H3. The monoisotopic (exact) mass is 590 g/mol. The summed E-state index contributed by atoms with van der Waals surface area (Å²) in [5.74, 6) is -1.52. The van der Waals surface area contributed by atoms with Crippen LogP contribution >= 0.6 is 11.6 Å². The minimum absolute atomic E-state index is 0.131. The van der Waals surface area contributed by atoms with E-state index in [4.69, 9.17) is 21.3 Å². The Balaban J connectivity index is 1.16. The van der Waals surface area contributed by atoms with Crippen molar-refractivity contribution in [1.82, 2.24) is 4.98 Å². The first-order valence-electron chi connectivity index (χ1n) is 14.2. The van der Waals surface area contributed by atoms with Crippen molar-refractivity contribution < 1.29 is 23.9 Å². The average Bonchev–Trinajstić information content (AvgIpc) is 3.65. The zero-order valence-electron chi connectivity index (χ0n) is 23.5. The van der Waals surface area contributed by atoms with E-state index in [-0.39, 0.29) is 46.8 Å². The van der Waals surface area contributed by atoms with Gasteiger partial charge in [0.15, 0.2) is 12.4 Å². The Morgan fingerprint density at radius 2 is 1.65 bits per heavy atom. The van der Waals surface area contributed by atoms with E-state index in [1.807, 2.05) is 26.0 Å². The first-order valence-corrected chi connectivity index (χ1v) is 14.6. The molecule has 2 bridgehead atoms. The fourth-order valence-corrected chi connectivity index (χ4v) is 7.03. The number of rotatable bonds is 6. The van der Waals surface area contributed by atoms with Crippen molar-refractivity contribution in [2.45, 2.75) is 20.3 Å². The van der Waals surface area contributed by atoms with Gasteiger partial charge in [-0.2, -0.15) is 0 Å². The lowest BCUT2D eigenvalue weighted by Gasteiger charge is -2.19. The molecule has 1 saturated carbocycles. The Morgan fingerprint density at radius 3 is 2.40 bits per heavy atom. The van der Waals surface area contributed by atoms with Crippen LogP contribution in [0, 0.1) is 30.6 Å². The Morgan fingerprint density at radius 1 is 0.930 bits per heavy atom. The Labute approximate surface area is 253 Å². The number of aryl methyl sites for hydroxylation is 1. The van der Waals surface area contributed by atoms with Gasteiger partial charge in [-0.15, -0.1) is 0 Å². The minimum atomic E-state index is -0.675. The molecule has 4 aromatic rings. The number of anilines is 1.